The van der Waals surface area contributed by atoms with Crippen LogP contribution >= 0.6 is 0 Å². The Balaban J connectivity index is 2.71. The molecule has 0 spiro atoms. The quantitative estimate of drug-likeness (QED) is 0.725. The van der Waals surface area contributed by atoms with E-state index in [1.54, 1.807) is 0 Å². The van der Waals surface area contributed by atoms with Crippen LogP contribution in [0.3, 0.4) is 0 Å². The molecule has 1 aliphatic carbocycles. The smallest absolute Gasteiger partial charge is 0.223 e. The van der Waals surface area contributed by atoms with Crippen LogP contribution in [0.15, 0.2) is 0 Å². The first-order valence-corrected chi connectivity index (χ1v) is 7.38. The molecule has 112 valence electrons. The number of aliphatic hydroxyl groups excluding tert-OH is 1. The third-order valence-corrected chi connectivity index (χ3v) is 5.33. The average Bonchev–Trinajstić information content (AvgIpc) is 2.34. The van der Waals surface area contributed by atoms with E-state index < -0.39 is 0 Å². The van der Waals surface area contributed by atoms with Gasteiger partial charge in [0.05, 0.1) is 0 Å². The second kappa shape index (κ2) is 6.23. The Kier molecular flexibility index (Phi) is 5.39. The predicted octanol–water partition coefficient (Wildman–Crippen LogP) is 1.52. The van der Waals surface area contributed by atoms with E-state index in [4.69, 9.17) is 10.8 Å². The molecule has 1 amide bonds. The summed E-state index contributed by atoms with van der Waals surface area (Å²) in [5, 5.41) is 12.2. The normalized spacial score (nSPS) is 33.5. The SMILES string of the molecule is CC(CO)C(C)NC(=O)C1CCC(N)C(C)C1(C)C. The highest BCUT2D eigenvalue weighted by Gasteiger charge is 2.45. The molecule has 5 atom stereocenters. The summed E-state index contributed by atoms with van der Waals surface area (Å²) in [4.78, 5) is 12.5. The van der Waals surface area contributed by atoms with Crippen molar-refractivity contribution in [2.24, 2.45) is 28.9 Å². The first-order valence-electron chi connectivity index (χ1n) is 7.38. The Labute approximate surface area is 117 Å². The zero-order valence-electron chi connectivity index (χ0n) is 12.9. The van der Waals surface area contributed by atoms with Crippen molar-refractivity contribution < 1.29 is 9.90 Å². The van der Waals surface area contributed by atoms with Crippen LogP contribution in [0.1, 0.15) is 47.5 Å². The monoisotopic (exact) mass is 270 g/mol. The van der Waals surface area contributed by atoms with Gasteiger partial charge in [0, 0.05) is 24.6 Å². The molecule has 0 aromatic carbocycles. The molecule has 1 saturated carbocycles. The minimum atomic E-state index is -0.0794. The summed E-state index contributed by atoms with van der Waals surface area (Å²) in [6.07, 6.45) is 1.76. The summed E-state index contributed by atoms with van der Waals surface area (Å²) >= 11 is 0. The molecule has 5 unspecified atom stereocenters. The molecule has 1 rings (SSSR count). The summed E-state index contributed by atoms with van der Waals surface area (Å²) in [6.45, 7) is 10.4. The van der Waals surface area contributed by atoms with Gasteiger partial charge in [-0.1, -0.05) is 27.7 Å². The lowest BCUT2D eigenvalue weighted by molar-refractivity contribution is -0.133. The lowest BCUT2D eigenvalue weighted by Gasteiger charge is -2.46. The molecule has 0 bridgehead atoms. The highest BCUT2D eigenvalue weighted by Crippen LogP contribution is 2.44. The van der Waals surface area contributed by atoms with Gasteiger partial charge in [-0.05, 0) is 37.0 Å². The maximum Gasteiger partial charge on any atom is 0.223 e. The largest absolute Gasteiger partial charge is 0.396 e. The Hall–Kier alpha value is -0.610. The van der Waals surface area contributed by atoms with Crippen LogP contribution in [0.5, 0.6) is 0 Å². The van der Waals surface area contributed by atoms with E-state index in [9.17, 15) is 4.79 Å². The highest BCUT2D eigenvalue weighted by molar-refractivity contribution is 5.80. The molecule has 0 aliphatic heterocycles. The fraction of sp³-hybridized carbons (Fsp3) is 0.933. The van der Waals surface area contributed by atoms with Gasteiger partial charge >= 0.3 is 0 Å². The molecule has 0 saturated heterocycles. The number of hydrogen-bond acceptors (Lipinski definition) is 3. The highest BCUT2D eigenvalue weighted by atomic mass is 16.3. The standard InChI is InChI=1S/C15H30N2O2/c1-9(8-18)11(3)17-14(19)12-6-7-13(16)10(2)15(12,4)5/h9-13,18H,6-8,16H2,1-5H3,(H,17,19). The van der Waals surface area contributed by atoms with Crippen molar-refractivity contribution in [3.8, 4) is 0 Å². The lowest BCUT2D eigenvalue weighted by atomic mass is 9.61. The number of hydrogen-bond donors (Lipinski definition) is 3. The topological polar surface area (TPSA) is 75.3 Å². The van der Waals surface area contributed by atoms with Crippen LogP contribution in [0.4, 0.5) is 0 Å². The van der Waals surface area contributed by atoms with Crippen molar-refractivity contribution in [3.63, 3.8) is 0 Å². The van der Waals surface area contributed by atoms with Crippen LogP contribution in [0.2, 0.25) is 0 Å². The van der Waals surface area contributed by atoms with Crippen LogP contribution in [-0.2, 0) is 4.79 Å². The Morgan fingerprint density at radius 2 is 2.00 bits per heavy atom. The average molecular weight is 270 g/mol. The van der Waals surface area contributed by atoms with Crippen molar-refractivity contribution in [2.45, 2.75) is 59.5 Å². The van der Waals surface area contributed by atoms with E-state index in [1.807, 2.05) is 13.8 Å². The molecule has 0 aromatic rings. The van der Waals surface area contributed by atoms with Crippen LogP contribution in [0.25, 0.3) is 0 Å². The summed E-state index contributed by atoms with van der Waals surface area (Å²) in [6, 6.07) is 0.187. The van der Waals surface area contributed by atoms with Crippen LogP contribution in [0, 0.1) is 23.2 Å². The number of nitrogens with one attached hydrogen (secondary N) is 1. The zero-order chi connectivity index (χ0) is 14.8. The van der Waals surface area contributed by atoms with Gasteiger partial charge in [0.1, 0.15) is 0 Å². The van der Waals surface area contributed by atoms with E-state index in [1.165, 1.54) is 0 Å². The van der Waals surface area contributed by atoms with Crippen molar-refractivity contribution in [3.05, 3.63) is 0 Å². The summed E-state index contributed by atoms with van der Waals surface area (Å²) < 4.78 is 0. The number of carbonyl (C=O) groups is 1. The molecule has 4 heteroatoms. The summed E-state index contributed by atoms with van der Waals surface area (Å²) in [7, 11) is 0. The summed E-state index contributed by atoms with van der Waals surface area (Å²) in [5.74, 6) is 0.532. The second-order valence-electron chi connectivity index (χ2n) is 6.86. The van der Waals surface area contributed by atoms with Crippen molar-refractivity contribution in [1.82, 2.24) is 5.32 Å². The Bertz CT molecular complexity index is 317. The third kappa shape index (κ3) is 3.48. The molecule has 1 aliphatic rings. The van der Waals surface area contributed by atoms with Crippen molar-refractivity contribution in [2.75, 3.05) is 6.61 Å². The minimum Gasteiger partial charge on any atom is -0.396 e. The van der Waals surface area contributed by atoms with E-state index in [2.05, 4.69) is 26.1 Å². The number of carbonyl (C=O) groups excluding carboxylic acids is 1. The fourth-order valence-corrected chi connectivity index (χ4v) is 2.94. The van der Waals surface area contributed by atoms with E-state index in [0.29, 0.717) is 5.92 Å². The molecule has 0 radical (unpaired) electrons. The number of aliphatic hydroxyl groups is 1. The first kappa shape index (κ1) is 16.4. The molecule has 0 heterocycles. The molecule has 4 N–H and O–H groups in total. The Morgan fingerprint density at radius 3 is 2.53 bits per heavy atom. The second-order valence-corrected chi connectivity index (χ2v) is 6.86. The van der Waals surface area contributed by atoms with Crippen LogP contribution < -0.4 is 11.1 Å². The summed E-state index contributed by atoms with van der Waals surface area (Å²) in [5.41, 5.74) is 6.04. The first-order chi connectivity index (χ1) is 8.71. The number of amides is 1. The maximum atomic E-state index is 12.5. The number of nitrogens with two attached hydrogens (primary N) is 1. The Morgan fingerprint density at radius 1 is 1.42 bits per heavy atom. The van der Waals surface area contributed by atoms with Gasteiger partial charge in [0.25, 0.3) is 0 Å². The predicted molar refractivity (Wildman–Crippen MR) is 77.5 cm³/mol. The lowest BCUT2D eigenvalue weighted by Crippen LogP contribution is -2.53. The van der Waals surface area contributed by atoms with Gasteiger partial charge < -0.3 is 16.2 Å². The molecule has 0 aromatic heterocycles. The van der Waals surface area contributed by atoms with Crippen molar-refractivity contribution in [1.29, 1.82) is 0 Å². The minimum absolute atomic E-state index is 0.000735. The number of rotatable bonds is 4. The molecular weight excluding hydrogens is 240 g/mol. The van der Waals surface area contributed by atoms with Gasteiger partial charge in [-0.3, -0.25) is 4.79 Å². The van der Waals surface area contributed by atoms with Gasteiger partial charge in [-0.15, -0.1) is 0 Å². The van der Waals surface area contributed by atoms with Crippen molar-refractivity contribution >= 4 is 5.91 Å². The molecule has 4 nitrogen and oxygen atoms in total. The maximum absolute atomic E-state index is 12.5. The third-order valence-electron chi connectivity index (χ3n) is 5.33. The van der Waals surface area contributed by atoms with E-state index in [0.717, 1.165) is 12.8 Å². The van der Waals surface area contributed by atoms with Gasteiger partial charge in [-0.25, -0.2) is 0 Å². The molecule has 1 fully saturated rings. The van der Waals surface area contributed by atoms with Crippen LogP contribution in [-0.4, -0.2) is 29.7 Å². The van der Waals surface area contributed by atoms with Gasteiger partial charge in [0.2, 0.25) is 5.91 Å². The molecular formula is C15H30N2O2. The zero-order valence-corrected chi connectivity index (χ0v) is 12.9. The fourth-order valence-electron chi connectivity index (χ4n) is 2.94. The van der Waals surface area contributed by atoms with Gasteiger partial charge in [-0.2, -0.15) is 0 Å². The van der Waals surface area contributed by atoms with E-state index >= 15 is 0 Å². The molecule has 19 heavy (non-hydrogen) atoms. The van der Waals surface area contributed by atoms with Gasteiger partial charge in [0.15, 0.2) is 0 Å². The van der Waals surface area contributed by atoms with E-state index in [-0.39, 0.29) is 41.8 Å².